The van der Waals surface area contributed by atoms with E-state index in [9.17, 15) is 9.59 Å². The van der Waals surface area contributed by atoms with Crippen LogP contribution in [0.2, 0.25) is 0 Å². The maximum atomic E-state index is 12.0. The molecule has 0 bridgehead atoms. The van der Waals surface area contributed by atoms with Crippen molar-refractivity contribution in [1.29, 1.82) is 0 Å². The first-order valence-electron chi connectivity index (χ1n) is 6.32. The van der Waals surface area contributed by atoms with Crippen molar-refractivity contribution in [2.45, 2.75) is 31.7 Å². The quantitative estimate of drug-likeness (QED) is 0.595. The number of rotatable bonds is 7. The number of ether oxygens (including phenoxy) is 1. The summed E-state index contributed by atoms with van der Waals surface area (Å²) in [5, 5.41) is 11.6. The number of carboxylic acid groups (broad SMARTS) is 1. The van der Waals surface area contributed by atoms with Crippen LogP contribution in [0.15, 0.2) is 0 Å². The Morgan fingerprint density at radius 1 is 1.50 bits per heavy atom. The first-order chi connectivity index (χ1) is 8.60. The molecule has 1 saturated carbocycles. The highest BCUT2D eigenvalue weighted by Gasteiger charge is 2.33. The average Bonchev–Trinajstić information content (AvgIpc) is 2.82. The molecule has 0 aromatic carbocycles. The normalized spacial score (nSPS) is 24.8. The zero-order valence-corrected chi connectivity index (χ0v) is 10.7. The van der Waals surface area contributed by atoms with E-state index in [4.69, 9.17) is 15.6 Å². The van der Waals surface area contributed by atoms with E-state index in [0.717, 1.165) is 19.3 Å². The molecule has 0 spiro atoms. The van der Waals surface area contributed by atoms with E-state index in [1.807, 2.05) is 0 Å². The van der Waals surface area contributed by atoms with Crippen LogP contribution in [-0.2, 0) is 14.3 Å². The third-order valence-corrected chi connectivity index (χ3v) is 3.52. The lowest BCUT2D eigenvalue weighted by Crippen LogP contribution is -2.45. The minimum absolute atomic E-state index is 0.139. The number of hydrogen-bond donors (Lipinski definition) is 3. The molecule has 1 rings (SSSR count). The Labute approximate surface area is 107 Å². The second-order valence-corrected chi connectivity index (χ2v) is 4.71. The third kappa shape index (κ3) is 3.96. The van der Waals surface area contributed by atoms with Crippen molar-refractivity contribution in [2.24, 2.45) is 17.6 Å². The van der Waals surface area contributed by atoms with Gasteiger partial charge in [-0.15, -0.1) is 0 Å². The van der Waals surface area contributed by atoms with Gasteiger partial charge in [0, 0.05) is 26.1 Å². The van der Waals surface area contributed by atoms with Gasteiger partial charge in [-0.2, -0.15) is 0 Å². The summed E-state index contributed by atoms with van der Waals surface area (Å²) in [6.45, 7) is 0.788. The number of nitrogens with one attached hydrogen (secondary N) is 1. The summed E-state index contributed by atoms with van der Waals surface area (Å²) in [4.78, 5) is 23.0. The van der Waals surface area contributed by atoms with E-state index >= 15 is 0 Å². The maximum Gasteiger partial charge on any atom is 0.326 e. The van der Waals surface area contributed by atoms with Crippen LogP contribution in [0.4, 0.5) is 0 Å². The lowest BCUT2D eigenvalue weighted by atomic mass is 9.95. The summed E-state index contributed by atoms with van der Waals surface area (Å²) in [5.74, 6) is -1.17. The van der Waals surface area contributed by atoms with Gasteiger partial charge in [0.25, 0.3) is 0 Å². The Bertz CT molecular complexity index is 296. The fraction of sp³-hybridized carbons (Fsp3) is 0.833. The Kier molecular flexibility index (Phi) is 6.07. The highest BCUT2D eigenvalue weighted by molar-refractivity contribution is 5.85. The Morgan fingerprint density at radius 2 is 2.22 bits per heavy atom. The fourth-order valence-corrected chi connectivity index (χ4v) is 2.44. The molecular weight excluding hydrogens is 236 g/mol. The topological polar surface area (TPSA) is 102 Å². The molecule has 4 N–H and O–H groups in total. The molecule has 0 radical (unpaired) electrons. The second kappa shape index (κ2) is 7.33. The standard InChI is InChI=1S/C12H22N2O4/c1-18-6-5-10(12(16)17)14-11(15)9-4-2-3-8(9)7-13/h8-10H,2-7,13H2,1H3,(H,14,15)(H,16,17). The summed E-state index contributed by atoms with van der Waals surface area (Å²) in [6.07, 6.45) is 3.00. The number of aliphatic carboxylic acids is 1. The highest BCUT2D eigenvalue weighted by Crippen LogP contribution is 2.31. The molecule has 0 heterocycles. The van der Waals surface area contributed by atoms with Gasteiger partial charge >= 0.3 is 5.97 Å². The molecule has 0 aromatic heterocycles. The zero-order chi connectivity index (χ0) is 13.5. The van der Waals surface area contributed by atoms with Gasteiger partial charge < -0.3 is 20.9 Å². The molecule has 104 valence electrons. The van der Waals surface area contributed by atoms with Gasteiger partial charge in [0.1, 0.15) is 6.04 Å². The van der Waals surface area contributed by atoms with Crippen LogP contribution < -0.4 is 11.1 Å². The lowest BCUT2D eigenvalue weighted by molar-refractivity contribution is -0.143. The first-order valence-corrected chi connectivity index (χ1v) is 6.32. The minimum atomic E-state index is -1.03. The SMILES string of the molecule is COCCC(NC(=O)C1CCCC1CN)C(=O)O. The molecule has 18 heavy (non-hydrogen) atoms. The van der Waals surface area contributed by atoms with E-state index in [0.29, 0.717) is 13.2 Å². The molecule has 1 aliphatic rings. The summed E-state index contributed by atoms with van der Waals surface area (Å²) in [7, 11) is 1.50. The molecule has 1 fully saturated rings. The lowest BCUT2D eigenvalue weighted by Gasteiger charge is -2.20. The fourth-order valence-electron chi connectivity index (χ4n) is 2.44. The van der Waals surface area contributed by atoms with Crippen LogP contribution >= 0.6 is 0 Å². The molecule has 0 aromatic rings. The van der Waals surface area contributed by atoms with Crippen LogP contribution in [-0.4, -0.2) is 43.3 Å². The van der Waals surface area contributed by atoms with E-state index in [1.165, 1.54) is 7.11 Å². The Hall–Kier alpha value is -1.14. The second-order valence-electron chi connectivity index (χ2n) is 4.71. The van der Waals surface area contributed by atoms with Gasteiger partial charge in [0.15, 0.2) is 0 Å². The smallest absolute Gasteiger partial charge is 0.326 e. The van der Waals surface area contributed by atoms with E-state index in [2.05, 4.69) is 5.32 Å². The third-order valence-electron chi connectivity index (χ3n) is 3.52. The average molecular weight is 258 g/mol. The number of carbonyl (C=O) groups excluding carboxylic acids is 1. The van der Waals surface area contributed by atoms with Gasteiger partial charge in [0.05, 0.1) is 0 Å². The van der Waals surface area contributed by atoms with Crippen LogP contribution in [0.1, 0.15) is 25.7 Å². The molecule has 3 unspecified atom stereocenters. The van der Waals surface area contributed by atoms with E-state index in [-0.39, 0.29) is 24.2 Å². The summed E-state index contributed by atoms with van der Waals surface area (Å²) in [6, 6.07) is -0.878. The van der Waals surface area contributed by atoms with Gasteiger partial charge in [-0.05, 0) is 25.3 Å². The molecule has 3 atom stereocenters. The van der Waals surface area contributed by atoms with Crippen molar-refractivity contribution in [3.8, 4) is 0 Å². The molecular formula is C12H22N2O4. The van der Waals surface area contributed by atoms with Crippen molar-refractivity contribution in [1.82, 2.24) is 5.32 Å². The van der Waals surface area contributed by atoms with Crippen LogP contribution in [0.25, 0.3) is 0 Å². The highest BCUT2D eigenvalue weighted by atomic mass is 16.5. The summed E-state index contributed by atoms with van der Waals surface area (Å²) >= 11 is 0. The van der Waals surface area contributed by atoms with E-state index in [1.54, 1.807) is 0 Å². The predicted octanol–water partition coefficient (Wildman–Crippen LogP) is -0.0327. The van der Waals surface area contributed by atoms with Gasteiger partial charge in [-0.25, -0.2) is 4.79 Å². The number of nitrogens with two attached hydrogens (primary N) is 1. The van der Waals surface area contributed by atoms with Crippen LogP contribution in [0.5, 0.6) is 0 Å². The minimum Gasteiger partial charge on any atom is -0.480 e. The first kappa shape index (κ1) is 14.9. The van der Waals surface area contributed by atoms with E-state index < -0.39 is 12.0 Å². The molecule has 6 heteroatoms. The molecule has 1 aliphatic carbocycles. The summed E-state index contributed by atoms with van der Waals surface area (Å²) in [5.41, 5.74) is 5.62. The number of hydrogen-bond acceptors (Lipinski definition) is 4. The molecule has 6 nitrogen and oxygen atoms in total. The number of carbonyl (C=O) groups is 2. The van der Waals surface area contributed by atoms with Crippen LogP contribution in [0.3, 0.4) is 0 Å². The monoisotopic (exact) mass is 258 g/mol. The van der Waals surface area contributed by atoms with Crippen molar-refractivity contribution < 1.29 is 19.4 Å². The van der Waals surface area contributed by atoms with Crippen LogP contribution in [0, 0.1) is 11.8 Å². The maximum absolute atomic E-state index is 12.0. The Balaban J connectivity index is 2.52. The van der Waals surface area contributed by atoms with Crippen molar-refractivity contribution >= 4 is 11.9 Å². The molecule has 1 amide bonds. The van der Waals surface area contributed by atoms with Gasteiger partial charge in [-0.3, -0.25) is 4.79 Å². The largest absolute Gasteiger partial charge is 0.480 e. The number of carboxylic acids is 1. The summed E-state index contributed by atoms with van der Waals surface area (Å²) < 4.78 is 4.84. The molecule has 0 saturated heterocycles. The van der Waals surface area contributed by atoms with Crippen molar-refractivity contribution in [3.63, 3.8) is 0 Å². The number of amides is 1. The predicted molar refractivity (Wildman–Crippen MR) is 65.9 cm³/mol. The van der Waals surface area contributed by atoms with Crippen molar-refractivity contribution in [2.75, 3.05) is 20.3 Å². The van der Waals surface area contributed by atoms with Gasteiger partial charge in [0.2, 0.25) is 5.91 Å². The van der Waals surface area contributed by atoms with Gasteiger partial charge in [-0.1, -0.05) is 6.42 Å². The molecule has 0 aliphatic heterocycles. The number of methoxy groups -OCH3 is 1. The Morgan fingerprint density at radius 3 is 2.78 bits per heavy atom. The zero-order valence-electron chi connectivity index (χ0n) is 10.7. The van der Waals surface area contributed by atoms with Crippen molar-refractivity contribution in [3.05, 3.63) is 0 Å².